The van der Waals surface area contributed by atoms with Gasteiger partial charge in [0.25, 0.3) is 5.91 Å². The van der Waals surface area contributed by atoms with Gasteiger partial charge in [-0.2, -0.15) is 0 Å². The molecule has 2 aromatic rings. The molecule has 3 rings (SSSR count). The van der Waals surface area contributed by atoms with E-state index in [9.17, 15) is 9.59 Å². The molecule has 0 unspecified atom stereocenters. The van der Waals surface area contributed by atoms with Crippen LogP contribution in [0.4, 0.5) is 0 Å². The number of aromatic amines is 1. The van der Waals surface area contributed by atoms with Crippen molar-refractivity contribution in [1.29, 1.82) is 0 Å². The van der Waals surface area contributed by atoms with E-state index < -0.39 is 0 Å². The van der Waals surface area contributed by atoms with Crippen LogP contribution in [0.5, 0.6) is 0 Å². The Hall–Kier alpha value is -2.30. The lowest BCUT2D eigenvalue weighted by Gasteiger charge is -2.26. The first-order valence-corrected chi connectivity index (χ1v) is 8.22. The number of rotatable bonds is 5. The molecule has 1 N–H and O–H groups in total. The van der Waals surface area contributed by atoms with Gasteiger partial charge in [-0.05, 0) is 37.3 Å². The fourth-order valence-corrected chi connectivity index (χ4v) is 3.02. The van der Waals surface area contributed by atoms with Gasteiger partial charge in [0, 0.05) is 36.6 Å². The van der Waals surface area contributed by atoms with Crippen LogP contribution in [0, 0.1) is 0 Å². The molecule has 23 heavy (non-hydrogen) atoms. The SMILES string of the molecule is O=C(CCc1c[nH]c2ccccc12)OCC(=O)N1CCCCC1. The maximum atomic E-state index is 12.0. The van der Waals surface area contributed by atoms with Gasteiger partial charge < -0.3 is 14.6 Å². The Morgan fingerprint density at radius 2 is 1.91 bits per heavy atom. The van der Waals surface area contributed by atoms with Crippen molar-refractivity contribution in [1.82, 2.24) is 9.88 Å². The van der Waals surface area contributed by atoms with Crippen molar-refractivity contribution < 1.29 is 14.3 Å². The standard InChI is InChI=1S/C18H22N2O3/c21-17(20-10-4-1-5-11-20)13-23-18(22)9-8-14-12-19-16-7-3-2-6-15(14)16/h2-3,6-7,12,19H,1,4-5,8-11,13H2. The predicted octanol–water partition coefficient (Wildman–Crippen LogP) is 2.66. The fourth-order valence-electron chi connectivity index (χ4n) is 3.02. The smallest absolute Gasteiger partial charge is 0.306 e. The molecular formula is C18H22N2O3. The molecule has 1 aromatic carbocycles. The Morgan fingerprint density at radius 1 is 1.13 bits per heavy atom. The molecule has 5 nitrogen and oxygen atoms in total. The summed E-state index contributed by atoms with van der Waals surface area (Å²) in [6.07, 6.45) is 6.08. The summed E-state index contributed by atoms with van der Waals surface area (Å²) in [5.41, 5.74) is 2.16. The van der Waals surface area contributed by atoms with Gasteiger partial charge in [0.1, 0.15) is 0 Å². The zero-order chi connectivity index (χ0) is 16.1. The van der Waals surface area contributed by atoms with Crippen LogP contribution >= 0.6 is 0 Å². The number of nitrogens with one attached hydrogen (secondary N) is 1. The number of nitrogens with zero attached hydrogens (tertiary/aromatic N) is 1. The van der Waals surface area contributed by atoms with E-state index in [0.29, 0.717) is 6.42 Å². The summed E-state index contributed by atoms with van der Waals surface area (Å²) in [7, 11) is 0. The second-order valence-corrected chi connectivity index (χ2v) is 5.96. The van der Waals surface area contributed by atoms with E-state index in [2.05, 4.69) is 4.98 Å². The Balaban J connectivity index is 1.45. The minimum atomic E-state index is -0.319. The second kappa shape index (κ2) is 7.31. The van der Waals surface area contributed by atoms with Crippen LogP contribution in [-0.2, 0) is 20.7 Å². The molecule has 1 aliphatic rings. The lowest BCUT2D eigenvalue weighted by atomic mass is 10.1. The third-order valence-corrected chi connectivity index (χ3v) is 4.34. The summed E-state index contributed by atoms with van der Waals surface area (Å²) in [5.74, 6) is -0.397. The molecule has 1 fully saturated rings. The average molecular weight is 314 g/mol. The molecule has 0 spiro atoms. The number of hydrogen-bond donors (Lipinski definition) is 1. The zero-order valence-corrected chi connectivity index (χ0v) is 13.2. The normalized spacial score (nSPS) is 14.9. The topological polar surface area (TPSA) is 62.4 Å². The number of ether oxygens (including phenoxy) is 1. The Labute approximate surface area is 135 Å². The summed E-state index contributed by atoms with van der Waals surface area (Å²) < 4.78 is 5.13. The lowest BCUT2D eigenvalue weighted by Crippen LogP contribution is -2.38. The quantitative estimate of drug-likeness (QED) is 0.863. The van der Waals surface area contributed by atoms with E-state index in [1.54, 1.807) is 4.90 Å². The number of carbonyl (C=O) groups is 2. The number of esters is 1. The molecule has 0 saturated carbocycles. The number of hydrogen-bond acceptors (Lipinski definition) is 3. The van der Waals surface area contributed by atoms with Crippen molar-refractivity contribution >= 4 is 22.8 Å². The second-order valence-electron chi connectivity index (χ2n) is 5.96. The van der Waals surface area contributed by atoms with Gasteiger partial charge in [0.05, 0.1) is 0 Å². The zero-order valence-electron chi connectivity index (χ0n) is 13.2. The summed E-state index contributed by atoms with van der Waals surface area (Å²) in [6.45, 7) is 1.43. The number of aryl methyl sites for hydroxylation is 1. The number of carbonyl (C=O) groups excluding carboxylic acids is 2. The van der Waals surface area contributed by atoms with Crippen LogP contribution in [0.25, 0.3) is 10.9 Å². The number of likely N-dealkylation sites (tertiary alicyclic amines) is 1. The van der Waals surface area contributed by atoms with Gasteiger partial charge in [0.15, 0.2) is 6.61 Å². The van der Waals surface area contributed by atoms with E-state index in [4.69, 9.17) is 4.74 Å². The van der Waals surface area contributed by atoms with Gasteiger partial charge in [-0.3, -0.25) is 9.59 Å². The third kappa shape index (κ3) is 3.92. The maximum absolute atomic E-state index is 12.0. The Kier molecular flexibility index (Phi) is 4.95. The summed E-state index contributed by atoms with van der Waals surface area (Å²) in [6, 6.07) is 8.00. The highest BCUT2D eigenvalue weighted by Gasteiger charge is 2.18. The minimum Gasteiger partial charge on any atom is -0.456 e. The largest absolute Gasteiger partial charge is 0.456 e. The van der Waals surface area contributed by atoms with Gasteiger partial charge in [0.2, 0.25) is 0 Å². The maximum Gasteiger partial charge on any atom is 0.306 e. The molecule has 1 aliphatic heterocycles. The first-order valence-electron chi connectivity index (χ1n) is 8.22. The summed E-state index contributed by atoms with van der Waals surface area (Å²) in [5, 5.41) is 1.13. The van der Waals surface area contributed by atoms with Crippen molar-refractivity contribution in [3.8, 4) is 0 Å². The molecule has 2 heterocycles. The number of piperidine rings is 1. The van der Waals surface area contributed by atoms with Gasteiger partial charge in [-0.25, -0.2) is 0 Å². The first-order chi connectivity index (χ1) is 11.2. The molecule has 122 valence electrons. The van der Waals surface area contributed by atoms with E-state index in [1.807, 2.05) is 30.5 Å². The Morgan fingerprint density at radius 3 is 2.74 bits per heavy atom. The van der Waals surface area contributed by atoms with Crippen molar-refractivity contribution in [2.75, 3.05) is 19.7 Å². The highest BCUT2D eigenvalue weighted by atomic mass is 16.5. The number of fused-ring (bicyclic) bond motifs is 1. The average Bonchev–Trinajstić information content (AvgIpc) is 3.02. The van der Waals surface area contributed by atoms with Crippen molar-refractivity contribution in [3.63, 3.8) is 0 Å². The summed E-state index contributed by atoms with van der Waals surface area (Å²) in [4.78, 5) is 28.8. The van der Waals surface area contributed by atoms with E-state index in [0.717, 1.165) is 42.4 Å². The van der Waals surface area contributed by atoms with E-state index in [-0.39, 0.29) is 24.9 Å². The number of H-pyrrole nitrogens is 1. The van der Waals surface area contributed by atoms with Gasteiger partial charge in [-0.1, -0.05) is 18.2 Å². The van der Waals surface area contributed by atoms with Gasteiger partial charge >= 0.3 is 5.97 Å². The highest BCUT2D eigenvalue weighted by Crippen LogP contribution is 2.19. The summed E-state index contributed by atoms with van der Waals surface area (Å²) >= 11 is 0. The van der Waals surface area contributed by atoms with Crippen LogP contribution in [0.2, 0.25) is 0 Å². The van der Waals surface area contributed by atoms with Crippen LogP contribution in [0.3, 0.4) is 0 Å². The van der Waals surface area contributed by atoms with Crippen LogP contribution in [0.15, 0.2) is 30.5 Å². The fraction of sp³-hybridized carbons (Fsp3) is 0.444. The Bertz CT molecular complexity index is 686. The molecule has 0 bridgehead atoms. The molecule has 1 amide bonds. The highest BCUT2D eigenvalue weighted by molar-refractivity contribution is 5.84. The number of aromatic nitrogens is 1. The van der Waals surface area contributed by atoms with Crippen molar-refractivity contribution in [2.45, 2.75) is 32.1 Å². The van der Waals surface area contributed by atoms with E-state index >= 15 is 0 Å². The van der Waals surface area contributed by atoms with Crippen molar-refractivity contribution in [3.05, 3.63) is 36.0 Å². The third-order valence-electron chi connectivity index (χ3n) is 4.34. The molecule has 0 radical (unpaired) electrons. The molecule has 1 saturated heterocycles. The molecular weight excluding hydrogens is 292 g/mol. The molecule has 5 heteroatoms. The van der Waals surface area contributed by atoms with Crippen LogP contribution < -0.4 is 0 Å². The van der Waals surface area contributed by atoms with Crippen molar-refractivity contribution in [2.24, 2.45) is 0 Å². The molecule has 0 aliphatic carbocycles. The predicted molar refractivity (Wildman–Crippen MR) is 88.0 cm³/mol. The minimum absolute atomic E-state index is 0.0786. The number of benzene rings is 1. The number of amides is 1. The van der Waals surface area contributed by atoms with E-state index in [1.165, 1.54) is 6.42 Å². The lowest BCUT2D eigenvalue weighted by molar-refractivity contribution is -0.152. The molecule has 1 aromatic heterocycles. The monoisotopic (exact) mass is 314 g/mol. The first kappa shape index (κ1) is 15.6. The number of para-hydroxylation sites is 1. The van der Waals surface area contributed by atoms with Crippen LogP contribution in [0.1, 0.15) is 31.2 Å². The molecule has 0 atom stereocenters. The van der Waals surface area contributed by atoms with Gasteiger partial charge in [-0.15, -0.1) is 0 Å². The van der Waals surface area contributed by atoms with Crippen LogP contribution in [-0.4, -0.2) is 41.5 Å².